The lowest BCUT2D eigenvalue weighted by Crippen LogP contribution is -2.28. The molecule has 3 aromatic rings. The van der Waals surface area contributed by atoms with E-state index in [2.05, 4.69) is 15.6 Å². The minimum absolute atomic E-state index is 0.294. The third-order valence-corrected chi connectivity index (χ3v) is 3.30. The fraction of sp³-hybridized carbons (Fsp3) is 0.0588. The molecule has 0 aliphatic heterocycles. The molecule has 3 rings (SSSR count). The Hall–Kier alpha value is -2.95. The number of carbonyl (C=O) groups excluding carboxylic acids is 1. The maximum absolute atomic E-state index is 12.8. The minimum atomic E-state index is -0.311. The molecule has 110 valence electrons. The van der Waals surface area contributed by atoms with E-state index in [0.717, 1.165) is 22.0 Å². The number of amides is 2. The van der Waals surface area contributed by atoms with Crippen molar-refractivity contribution in [1.82, 2.24) is 10.3 Å². The molecule has 0 aliphatic carbocycles. The zero-order valence-electron chi connectivity index (χ0n) is 11.7. The van der Waals surface area contributed by atoms with Crippen LogP contribution in [0.2, 0.25) is 0 Å². The van der Waals surface area contributed by atoms with Crippen molar-refractivity contribution in [3.63, 3.8) is 0 Å². The van der Waals surface area contributed by atoms with Crippen molar-refractivity contribution < 1.29 is 9.18 Å². The lowest BCUT2D eigenvalue weighted by Gasteiger charge is -2.10. The van der Waals surface area contributed by atoms with Gasteiger partial charge in [-0.2, -0.15) is 0 Å². The lowest BCUT2D eigenvalue weighted by molar-refractivity contribution is 0.252. The fourth-order valence-electron chi connectivity index (χ4n) is 2.18. The molecule has 2 amide bonds. The highest BCUT2D eigenvalue weighted by Crippen LogP contribution is 2.21. The van der Waals surface area contributed by atoms with Gasteiger partial charge in [0.15, 0.2) is 0 Å². The van der Waals surface area contributed by atoms with E-state index in [4.69, 9.17) is 0 Å². The van der Waals surface area contributed by atoms with Crippen LogP contribution >= 0.6 is 0 Å². The first-order valence-corrected chi connectivity index (χ1v) is 6.84. The van der Waals surface area contributed by atoms with Gasteiger partial charge < -0.3 is 10.6 Å². The summed E-state index contributed by atoms with van der Waals surface area (Å²) in [6.07, 6.45) is 3.43. The number of carbonyl (C=O) groups is 1. The van der Waals surface area contributed by atoms with Crippen molar-refractivity contribution in [3.8, 4) is 0 Å². The first-order valence-electron chi connectivity index (χ1n) is 6.84. The van der Waals surface area contributed by atoms with Crippen LogP contribution < -0.4 is 10.6 Å². The van der Waals surface area contributed by atoms with Crippen molar-refractivity contribution in [1.29, 1.82) is 0 Å². The lowest BCUT2D eigenvalue weighted by atomic mass is 10.1. The molecule has 0 atom stereocenters. The molecule has 1 heterocycles. The zero-order chi connectivity index (χ0) is 15.4. The second-order valence-electron chi connectivity index (χ2n) is 4.84. The van der Waals surface area contributed by atoms with E-state index >= 15 is 0 Å². The maximum Gasteiger partial charge on any atom is 0.319 e. The Balaban J connectivity index is 1.67. The largest absolute Gasteiger partial charge is 0.334 e. The fourth-order valence-corrected chi connectivity index (χ4v) is 2.18. The smallest absolute Gasteiger partial charge is 0.319 e. The third-order valence-electron chi connectivity index (χ3n) is 3.30. The standard InChI is InChI=1S/C17H14FN3O/c18-14-6-4-12(5-7-14)10-20-17(22)21-16-3-1-2-13-11-19-9-8-15(13)16/h1-9,11H,10H2,(H2,20,21,22). The summed E-state index contributed by atoms with van der Waals surface area (Å²) >= 11 is 0. The van der Waals surface area contributed by atoms with Gasteiger partial charge in [-0.1, -0.05) is 24.3 Å². The number of benzene rings is 2. The van der Waals surface area contributed by atoms with Gasteiger partial charge in [0.25, 0.3) is 0 Å². The predicted octanol–water partition coefficient (Wildman–Crippen LogP) is 3.70. The molecule has 2 aromatic carbocycles. The van der Waals surface area contributed by atoms with E-state index in [1.807, 2.05) is 24.3 Å². The Morgan fingerprint density at radius 2 is 1.91 bits per heavy atom. The molecule has 0 saturated heterocycles. The van der Waals surface area contributed by atoms with E-state index in [9.17, 15) is 9.18 Å². The number of pyridine rings is 1. The summed E-state index contributed by atoms with van der Waals surface area (Å²) in [5.74, 6) is -0.294. The molecule has 0 unspecified atom stereocenters. The molecule has 0 bridgehead atoms. The Labute approximate surface area is 127 Å². The zero-order valence-corrected chi connectivity index (χ0v) is 11.7. The van der Waals surface area contributed by atoms with Gasteiger partial charge >= 0.3 is 6.03 Å². The number of hydrogen-bond donors (Lipinski definition) is 2. The van der Waals surface area contributed by atoms with Crippen molar-refractivity contribution in [2.24, 2.45) is 0 Å². The summed E-state index contributed by atoms with van der Waals surface area (Å²) in [4.78, 5) is 16.0. The van der Waals surface area contributed by atoms with E-state index < -0.39 is 0 Å². The monoisotopic (exact) mass is 295 g/mol. The van der Waals surface area contributed by atoms with Gasteiger partial charge in [0.2, 0.25) is 0 Å². The summed E-state index contributed by atoms with van der Waals surface area (Å²) in [6.45, 7) is 0.332. The Bertz CT molecular complexity index is 797. The number of fused-ring (bicyclic) bond motifs is 1. The number of hydrogen-bond acceptors (Lipinski definition) is 2. The molecule has 0 saturated carbocycles. The molecule has 0 aliphatic rings. The number of nitrogens with one attached hydrogen (secondary N) is 2. The van der Waals surface area contributed by atoms with Gasteiger partial charge in [0, 0.05) is 29.7 Å². The van der Waals surface area contributed by atoms with E-state index in [0.29, 0.717) is 6.54 Å². The molecule has 4 nitrogen and oxygen atoms in total. The van der Waals surface area contributed by atoms with Crippen LogP contribution in [0.15, 0.2) is 60.9 Å². The van der Waals surface area contributed by atoms with Gasteiger partial charge in [-0.3, -0.25) is 4.98 Å². The summed E-state index contributed by atoms with van der Waals surface area (Å²) in [5, 5.41) is 7.44. The number of aromatic nitrogens is 1. The highest BCUT2D eigenvalue weighted by atomic mass is 19.1. The second-order valence-corrected chi connectivity index (χ2v) is 4.84. The third kappa shape index (κ3) is 3.20. The van der Waals surface area contributed by atoms with Crippen molar-refractivity contribution in [2.45, 2.75) is 6.54 Å². The molecule has 1 aromatic heterocycles. The van der Waals surface area contributed by atoms with E-state index in [1.54, 1.807) is 24.5 Å². The van der Waals surface area contributed by atoms with Gasteiger partial charge in [-0.25, -0.2) is 9.18 Å². The highest BCUT2D eigenvalue weighted by molar-refractivity contribution is 6.01. The van der Waals surface area contributed by atoms with Crippen LogP contribution in [0.1, 0.15) is 5.56 Å². The van der Waals surface area contributed by atoms with E-state index in [1.165, 1.54) is 12.1 Å². The summed E-state index contributed by atoms with van der Waals surface area (Å²) < 4.78 is 12.8. The number of rotatable bonds is 3. The first-order chi connectivity index (χ1) is 10.7. The molecule has 0 radical (unpaired) electrons. The predicted molar refractivity (Wildman–Crippen MR) is 84.0 cm³/mol. The minimum Gasteiger partial charge on any atom is -0.334 e. The summed E-state index contributed by atoms with van der Waals surface area (Å²) in [7, 11) is 0. The highest BCUT2D eigenvalue weighted by Gasteiger charge is 2.05. The summed E-state index contributed by atoms with van der Waals surface area (Å²) in [6, 6.07) is 13.2. The molecular weight excluding hydrogens is 281 g/mol. The van der Waals surface area contributed by atoms with Crippen molar-refractivity contribution >= 4 is 22.5 Å². The van der Waals surface area contributed by atoms with Crippen LogP contribution in [0.3, 0.4) is 0 Å². The normalized spacial score (nSPS) is 10.4. The summed E-state index contributed by atoms with van der Waals surface area (Å²) in [5.41, 5.74) is 1.55. The SMILES string of the molecule is O=C(NCc1ccc(F)cc1)Nc1cccc2cnccc12. The van der Waals surface area contributed by atoms with Crippen LogP contribution in [-0.4, -0.2) is 11.0 Å². The van der Waals surface area contributed by atoms with Crippen LogP contribution in [0, 0.1) is 5.82 Å². The topological polar surface area (TPSA) is 54.0 Å². The van der Waals surface area contributed by atoms with Crippen LogP contribution in [0.25, 0.3) is 10.8 Å². The van der Waals surface area contributed by atoms with E-state index in [-0.39, 0.29) is 11.8 Å². The van der Waals surface area contributed by atoms with Crippen LogP contribution in [0.5, 0.6) is 0 Å². The van der Waals surface area contributed by atoms with Crippen molar-refractivity contribution in [2.75, 3.05) is 5.32 Å². The molecule has 5 heteroatoms. The van der Waals surface area contributed by atoms with Crippen LogP contribution in [0.4, 0.5) is 14.9 Å². The average Bonchev–Trinajstić information content (AvgIpc) is 2.55. The number of nitrogens with zero attached hydrogens (tertiary/aromatic N) is 1. The van der Waals surface area contributed by atoms with Gasteiger partial charge in [-0.15, -0.1) is 0 Å². The maximum atomic E-state index is 12.8. The first kappa shape index (κ1) is 14.0. The molecule has 0 fully saturated rings. The molecule has 2 N–H and O–H groups in total. The van der Waals surface area contributed by atoms with Gasteiger partial charge in [-0.05, 0) is 29.8 Å². The Morgan fingerprint density at radius 3 is 2.73 bits per heavy atom. The average molecular weight is 295 g/mol. The van der Waals surface area contributed by atoms with Crippen LogP contribution in [-0.2, 0) is 6.54 Å². The number of halogens is 1. The molecular formula is C17H14FN3O. The van der Waals surface area contributed by atoms with Gasteiger partial charge in [0.05, 0.1) is 5.69 Å². The Morgan fingerprint density at radius 1 is 1.09 bits per heavy atom. The number of anilines is 1. The quantitative estimate of drug-likeness (QED) is 0.774. The molecule has 0 spiro atoms. The second kappa shape index (κ2) is 6.22. The Kier molecular flexibility index (Phi) is 3.96. The van der Waals surface area contributed by atoms with Gasteiger partial charge in [0.1, 0.15) is 5.82 Å². The van der Waals surface area contributed by atoms with Crippen molar-refractivity contribution in [3.05, 3.63) is 72.3 Å². The molecule has 22 heavy (non-hydrogen) atoms. The number of urea groups is 1.